The number of anilines is 1. The van der Waals surface area contributed by atoms with Crippen LogP contribution in [0.25, 0.3) is 0 Å². The minimum atomic E-state index is -3.73. The summed E-state index contributed by atoms with van der Waals surface area (Å²) in [6, 6.07) is 9.04. The summed E-state index contributed by atoms with van der Waals surface area (Å²) in [7, 11) is -3.73. The number of sulfonamides is 1. The molecule has 0 spiro atoms. The average Bonchev–Trinajstić information content (AvgIpc) is 2.62. The monoisotopic (exact) mass is 399 g/mol. The molecule has 0 unspecified atom stereocenters. The highest BCUT2D eigenvalue weighted by atomic mass is 35.5. The number of hydrogen-bond acceptors (Lipinski definition) is 5. The quantitative estimate of drug-likeness (QED) is 0.583. The van der Waals surface area contributed by atoms with Crippen LogP contribution in [0, 0.1) is 15.9 Å². The number of nitrogens with zero attached hydrogens (tertiary/aromatic N) is 3. The maximum absolute atomic E-state index is 13.0. The van der Waals surface area contributed by atoms with Crippen LogP contribution in [-0.2, 0) is 10.0 Å². The maximum Gasteiger partial charge on any atom is 0.294 e. The van der Waals surface area contributed by atoms with E-state index in [1.54, 1.807) is 17.0 Å². The smallest absolute Gasteiger partial charge is 0.294 e. The van der Waals surface area contributed by atoms with Gasteiger partial charge in [0.2, 0.25) is 10.0 Å². The van der Waals surface area contributed by atoms with Gasteiger partial charge in [-0.1, -0.05) is 11.6 Å². The molecule has 2 aromatic carbocycles. The van der Waals surface area contributed by atoms with Gasteiger partial charge in [0.25, 0.3) is 5.69 Å². The molecule has 0 N–H and O–H groups in total. The summed E-state index contributed by atoms with van der Waals surface area (Å²) in [6.07, 6.45) is 0. The molecule has 2 aromatic rings. The first kappa shape index (κ1) is 18.6. The van der Waals surface area contributed by atoms with E-state index in [0.29, 0.717) is 18.8 Å². The number of nitro groups is 1. The molecule has 1 aliphatic heterocycles. The second kappa shape index (κ2) is 7.18. The molecule has 0 radical (unpaired) electrons. The first-order valence-corrected chi connectivity index (χ1v) is 9.55. The normalized spacial score (nSPS) is 15.8. The van der Waals surface area contributed by atoms with Gasteiger partial charge in [-0.15, -0.1) is 0 Å². The summed E-state index contributed by atoms with van der Waals surface area (Å²) in [4.78, 5) is 12.5. The van der Waals surface area contributed by atoms with Crippen LogP contribution in [0.5, 0.6) is 0 Å². The Morgan fingerprint density at radius 1 is 1.04 bits per heavy atom. The van der Waals surface area contributed by atoms with Crippen molar-refractivity contribution in [3.8, 4) is 0 Å². The molecule has 1 heterocycles. The van der Waals surface area contributed by atoms with Crippen molar-refractivity contribution in [2.45, 2.75) is 4.90 Å². The summed E-state index contributed by atoms with van der Waals surface area (Å²) in [5, 5.41) is 11.5. The molecule has 0 saturated carbocycles. The molecular formula is C16H15ClFN3O4S. The number of piperazine rings is 1. The van der Waals surface area contributed by atoms with Crippen molar-refractivity contribution in [1.82, 2.24) is 4.31 Å². The van der Waals surface area contributed by atoms with Crippen LogP contribution in [0.15, 0.2) is 47.4 Å². The summed E-state index contributed by atoms with van der Waals surface area (Å²) in [5.74, 6) is -0.510. The Labute approximate surface area is 154 Å². The fourth-order valence-corrected chi connectivity index (χ4v) is 4.42. The van der Waals surface area contributed by atoms with E-state index in [1.807, 2.05) is 0 Å². The van der Waals surface area contributed by atoms with Crippen molar-refractivity contribution in [2.75, 3.05) is 31.1 Å². The van der Waals surface area contributed by atoms with Crippen LogP contribution >= 0.6 is 11.6 Å². The van der Waals surface area contributed by atoms with E-state index in [0.717, 1.165) is 12.1 Å². The summed E-state index contributed by atoms with van der Waals surface area (Å²) in [6.45, 7) is 0.921. The van der Waals surface area contributed by atoms with E-state index in [4.69, 9.17) is 11.6 Å². The van der Waals surface area contributed by atoms with Crippen molar-refractivity contribution in [3.63, 3.8) is 0 Å². The predicted octanol–water partition coefficient (Wildman–Crippen LogP) is 2.90. The van der Waals surface area contributed by atoms with Gasteiger partial charge in [-0.25, -0.2) is 12.8 Å². The first-order chi connectivity index (χ1) is 12.3. The van der Waals surface area contributed by atoms with Gasteiger partial charge in [0.05, 0.1) is 9.82 Å². The zero-order valence-corrected chi connectivity index (χ0v) is 15.1. The van der Waals surface area contributed by atoms with E-state index in [9.17, 15) is 22.9 Å². The molecule has 0 bridgehead atoms. The summed E-state index contributed by atoms with van der Waals surface area (Å²) in [5.41, 5.74) is 0.283. The lowest BCUT2D eigenvalue weighted by molar-refractivity contribution is -0.384. The average molecular weight is 400 g/mol. The van der Waals surface area contributed by atoms with Gasteiger partial charge in [-0.05, 0) is 36.4 Å². The number of hydrogen-bond donors (Lipinski definition) is 0. The van der Waals surface area contributed by atoms with Crippen molar-refractivity contribution < 1.29 is 17.7 Å². The van der Waals surface area contributed by atoms with Gasteiger partial charge in [0.15, 0.2) is 0 Å². The Balaban J connectivity index is 1.77. The van der Waals surface area contributed by atoms with Crippen LogP contribution in [0.4, 0.5) is 15.8 Å². The van der Waals surface area contributed by atoms with Crippen LogP contribution in [0.1, 0.15) is 0 Å². The molecule has 0 aromatic heterocycles. The minimum Gasteiger partial charge on any atom is -0.363 e. The van der Waals surface area contributed by atoms with Crippen molar-refractivity contribution >= 4 is 33.0 Å². The third-order valence-corrected chi connectivity index (χ3v) is 6.31. The zero-order chi connectivity index (χ0) is 18.9. The SMILES string of the molecule is O=[N+]([O-])c1cc(Cl)ccc1N1CCN(S(=O)(=O)c2ccc(F)cc2)CC1. The third-order valence-electron chi connectivity index (χ3n) is 4.16. The Morgan fingerprint density at radius 3 is 2.23 bits per heavy atom. The molecule has 10 heteroatoms. The maximum atomic E-state index is 13.0. The van der Waals surface area contributed by atoms with Gasteiger partial charge >= 0.3 is 0 Å². The van der Waals surface area contributed by atoms with Crippen molar-refractivity contribution in [3.05, 3.63) is 63.4 Å². The number of benzene rings is 2. The van der Waals surface area contributed by atoms with Crippen LogP contribution in [0.2, 0.25) is 5.02 Å². The van der Waals surface area contributed by atoms with E-state index in [-0.39, 0.29) is 28.7 Å². The number of halogens is 2. The van der Waals surface area contributed by atoms with Crippen molar-refractivity contribution in [2.24, 2.45) is 0 Å². The molecule has 3 rings (SSSR count). The fraction of sp³-hybridized carbons (Fsp3) is 0.250. The lowest BCUT2D eigenvalue weighted by atomic mass is 10.2. The van der Waals surface area contributed by atoms with Gasteiger partial charge in [0, 0.05) is 37.3 Å². The molecule has 138 valence electrons. The highest BCUT2D eigenvalue weighted by Gasteiger charge is 2.30. The molecule has 7 nitrogen and oxygen atoms in total. The Kier molecular flexibility index (Phi) is 5.12. The van der Waals surface area contributed by atoms with E-state index >= 15 is 0 Å². The van der Waals surface area contributed by atoms with Gasteiger partial charge < -0.3 is 4.90 Å². The summed E-state index contributed by atoms with van der Waals surface area (Å²) < 4.78 is 39.5. The molecule has 0 atom stereocenters. The van der Waals surface area contributed by atoms with Gasteiger partial charge in [0.1, 0.15) is 11.5 Å². The van der Waals surface area contributed by atoms with E-state index in [1.165, 1.54) is 22.5 Å². The topological polar surface area (TPSA) is 83.8 Å². The zero-order valence-electron chi connectivity index (χ0n) is 13.5. The second-order valence-electron chi connectivity index (χ2n) is 5.74. The van der Waals surface area contributed by atoms with Crippen molar-refractivity contribution in [1.29, 1.82) is 0 Å². The summed E-state index contributed by atoms with van der Waals surface area (Å²) >= 11 is 5.82. The molecular weight excluding hydrogens is 385 g/mol. The van der Waals surface area contributed by atoms with Crippen LogP contribution < -0.4 is 4.90 Å². The second-order valence-corrected chi connectivity index (χ2v) is 8.11. The molecule has 26 heavy (non-hydrogen) atoms. The van der Waals surface area contributed by atoms with Crippen LogP contribution in [0.3, 0.4) is 0 Å². The molecule has 0 aliphatic carbocycles. The Hall–Kier alpha value is -2.23. The highest BCUT2D eigenvalue weighted by molar-refractivity contribution is 7.89. The van der Waals surface area contributed by atoms with E-state index in [2.05, 4.69) is 0 Å². The Morgan fingerprint density at radius 2 is 1.65 bits per heavy atom. The van der Waals surface area contributed by atoms with Crippen LogP contribution in [-0.4, -0.2) is 43.8 Å². The van der Waals surface area contributed by atoms with Gasteiger partial charge in [-0.3, -0.25) is 10.1 Å². The number of rotatable bonds is 4. The minimum absolute atomic E-state index is 0.0184. The lowest BCUT2D eigenvalue weighted by Gasteiger charge is -2.35. The standard InChI is InChI=1S/C16H15ClFN3O4S/c17-12-1-6-15(16(11-12)21(22)23)19-7-9-20(10-8-19)26(24,25)14-4-2-13(18)3-5-14/h1-6,11H,7-10H2. The highest BCUT2D eigenvalue weighted by Crippen LogP contribution is 2.32. The molecule has 1 aliphatic rings. The molecule has 0 amide bonds. The third kappa shape index (κ3) is 3.64. The fourth-order valence-electron chi connectivity index (χ4n) is 2.84. The molecule has 1 saturated heterocycles. The Bertz CT molecular complexity index is 929. The molecule has 1 fully saturated rings. The van der Waals surface area contributed by atoms with Gasteiger partial charge in [-0.2, -0.15) is 4.31 Å². The first-order valence-electron chi connectivity index (χ1n) is 7.73. The largest absolute Gasteiger partial charge is 0.363 e. The van der Waals surface area contributed by atoms with E-state index < -0.39 is 20.8 Å². The number of nitro benzene ring substituents is 1. The predicted molar refractivity (Wildman–Crippen MR) is 95.5 cm³/mol. The lowest BCUT2D eigenvalue weighted by Crippen LogP contribution is -2.48.